The highest BCUT2D eigenvalue weighted by atomic mass is 32.2. The van der Waals surface area contributed by atoms with Gasteiger partial charge < -0.3 is 15.1 Å². The fraction of sp³-hybridized carbons (Fsp3) is 0.447. The average Bonchev–Trinajstić information content (AvgIpc) is 3.05. The Bertz CT molecular complexity index is 1930. The van der Waals surface area contributed by atoms with Crippen LogP contribution in [0.25, 0.3) is 5.57 Å². The van der Waals surface area contributed by atoms with Crippen LogP contribution in [0.4, 0.5) is 5.69 Å². The molecular weight excluding hydrogens is 609 g/mol. The number of thioether (sulfide) groups is 1. The molecule has 0 saturated carbocycles. The van der Waals surface area contributed by atoms with E-state index in [1.807, 2.05) is 18.2 Å². The normalized spacial score (nSPS) is 20.8. The summed E-state index contributed by atoms with van der Waals surface area (Å²) in [7, 11) is -2.41. The minimum Gasteiger partial charge on any atom is -0.481 e. The van der Waals surface area contributed by atoms with Gasteiger partial charge in [-0.05, 0) is 112 Å². The van der Waals surface area contributed by atoms with Gasteiger partial charge in [-0.15, -0.1) is 0 Å². The second kappa shape index (κ2) is 11.7. The second-order valence-electron chi connectivity index (χ2n) is 14.0. The Morgan fingerprint density at radius 2 is 1.61 bits per heavy atom. The number of hydrogen-bond acceptors (Lipinski definition) is 4. The van der Waals surface area contributed by atoms with Crippen LogP contribution < -0.4 is 30.4 Å². The van der Waals surface area contributed by atoms with Gasteiger partial charge in [0.25, 0.3) is 0 Å². The molecular formula is C38H43N2O4SSi+. The van der Waals surface area contributed by atoms with Crippen LogP contribution in [0.2, 0.25) is 12.6 Å². The van der Waals surface area contributed by atoms with Gasteiger partial charge in [-0.25, -0.2) is 9.37 Å². The van der Waals surface area contributed by atoms with Gasteiger partial charge in [0.1, 0.15) is 21.2 Å². The highest BCUT2D eigenvalue weighted by Gasteiger charge is 2.46. The number of aromatic carboxylic acids is 1. The molecule has 1 unspecified atom stereocenters. The maximum atomic E-state index is 12.8. The molecule has 3 aromatic rings. The lowest BCUT2D eigenvalue weighted by atomic mass is 9.83. The van der Waals surface area contributed by atoms with Crippen molar-refractivity contribution in [1.82, 2.24) is 4.58 Å². The molecule has 0 aliphatic carbocycles. The van der Waals surface area contributed by atoms with E-state index in [0.29, 0.717) is 11.3 Å². The molecule has 238 valence electrons. The van der Waals surface area contributed by atoms with Crippen molar-refractivity contribution in [3.8, 4) is 0 Å². The largest absolute Gasteiger partial charge is 0.481 e. The fourth-order valence-electron chi connectivity index (χ4n) is 9.61. The van der Waals surface area contributed by atoms with E-state index in [0.717, 1.165) is 100 Å². The summed E-state index contributed by atoms with van der Waals surface area (Å²) in [5, 5.41) is 25.7. The molecule has 0 spiro atoms. The lowest BCUT2D eigenvalue weighted by Gasteiger charge is -2.45. The molecule has 8 heteroatoms. The maximum absolute atomic E-state index is 12.8. The van der Waals surface area contributed by atoms with Gasteiger partial charge in [0.15, 0.2) is 0 Å². The zero-order valence-electron chi connectivity index (χ0n) is 26.8. The summed E-state index contributed by atoms with van der Waals surface area (Å²) >= 11 is 1.79. The number of anilines is 1. The Balaban J connectivity index is 1.50. The molecule has 1 atom stereocenters. The average molecular weight is 652 g/mol. The number of carbonyl (C=O) groups is 2. The van der Waals surface area contributed by atoms with Crippen LogP contribution in [0.3, 0.4) is 0 Å². The summed E-state index contributed by atoms with van der Waals surface area (Å²) in [5.41, 5.74) is 11.1. The zero-order valence-corrected chi connectivity index (χ0v) is 28.6. The number of rotatable bonds is 8. The standard InChI is InChI=1S/C38H42N2O4SSi/c1-46(21-20-45-19-14-32(41)42)36-28-12-6-17-39-15-4-8-24(34(28)39)22-30(36)33(26-10-2-3-11-27(26)38(43)44)31-23-25-9-5-16-40-18-7-13-29(35(25)40)37(31)46/h2-3,10-11,22-23H,4-9,12-21H2,1H3,(H-,41,42,43,44)/p+1. The van der Waals surface area contributed by atoms with E-state index in [1.165, 1.54) is 44.1 Å². The number of aryl methyl sites for hydroxylation is 2. The predicted molar refractivity (Wildman–Crippen MR) is 189 cm³/mol. The first kappa shape index (κ1) is 30.0. The van der Waals surface area contributed by atoms with Crippen LogP contribution in [-0.4, -0.2) is 67.9 Å². The smallest absolute Gasteiger partial charge is 0.336 e. The van der Waals surface area contributed by atoms with Crippen molar-refractivity contribution in [3.05, 3.63) is 85.9 Å². The number of carboxylic acid groups (broad SMARTS) is 2. The lowest BCUT2D eigenvalue weighted by Crippen LogP contribution is -2.69. The van der Waals surface area contributed by atoms with Crippen LogP contribution in [0.15, 0.2) is 36.4 Å². The Labute approximate surface area is 275 Å². The zero-order chi connectivity index (χ0) is 31.6. The highest BCUT2D eigenvalue weighted by Crippen LogP contribution is 2.41. The predicted octanol–water partition coefficient (Wildman–Crippen LogP) is 3.43. The number of benzene rings is 3. The topological polar surface area (TPSA) is 80.9 Å². The van der Waals surface area contributed by atoms with Gasteiger partial charge in [-0.2, -0.15) is 11.8 Å². The SMILES string of the molecule is C[Si]1(CCSCCC(=O)O)c2c(cc3c4c2CCCN4CCC3)C(c2ccccc2C(=O)O)=c2cc3c4c(c21)CCC[N+]=4CCC3. The Hall–Kier alpha value is -3.36. The number of nitrogens with zero attached hydrogens (tertiary/aromatic N) is 2. The molecule has 5 heterocycles. The van der Waals surface area contributed by atoms with Crippen LogP contribution in [0.5, 0.6) is 0 Å². The van der Waals surface area contributed by atoms with Crippen molar-refractivity contribution in [1.29, 1.82) is 0 Å². The van der Waals surface area contributed by atoms with Crippen molar-refractivity contribution in [3.63, 3.8) is 0 Å². The first-order chi connectivity index (χ1) is 22.4. The van der Waals surface area contributed by atoms with Gasteiger partial charge in [0.2, 0.25) is 5.36 Å². The lowest BCUT2D eigenvalue weighted by molar-refractivity contribution is -0.136. The maximum Gasteiger partial charge on any atom is 0.336 e. The molecule has 8 rings (SSSR count). The van der Waals surface area contributed by atoms with E-state index in [2.05, 4.69) is 28.2 Å². The van der Waals surface area contributed by atoms with Crippen molar-refractivity contribution >= 4 is 53.4 Å². The molecule has 5 aliphatic rings. The van der Waals surface area contributed by atoms with Crippen molar-refractivity contribution in [2.45, 2.75) is 70.4 Å². The molecule has 0 amide bonds. The Morgan fingerprint density at radius 3 is 2.41 bits per heavy atom. The molecule has 5 aliphatic heterocycles. The summed E-state index contributed by atoms with van der Waals surface area (Å²) < 4.78 is 2.65. The molecule has 0 fully saturated rings. The fourth-order valence-corrected chi connectivity index (χ4v) is 16.5. The van der Waals surface area contributed by atoms with Gasteiger partial charge in [-0.1, -0.05) is 24.7 Å². The number of carboxylic acids is 2. The van der Waals surface area contributed by atoms with Gasteiger partial charge >= 0.3 is 11.9 Å². The van der Waals surface area contributed by atoms with Crippen molar-refractivity contribution in [2.75, 3.05) is 42.6 Å². The van der Waals surface area contributed by atoms with Gasteiger partial charge in [0, 0.05) is 48.5 Å². The van der Waals surface area contributed by atoms with Gasteiger partial charge in [-0.3, -0.25) is 4.79 Å². The van der Waals surface area contributed by atoms with Crippen LogP contribution in [0, 0.1) is 0 Å². The third-order valence-corrected chi connectivity index (χ3v) is 17.3. The molecule has 3 aromatic carbocycles. The third-order valence-electron chi connectivity index (χ3n) is 11.3. The molecule has 6 nitrogen and oxygen atoms in total. The first-order valence-electron chi connectivity index (χ1n) is 17.2. The van der Waals surface area contributed by atoms with E-state index in [-0.39, 0.29) is 6.42 Å². The molecule has 0 aromatic heterocycles. The van der Waals surface area contributed by atoms with E-state index in [1.54, 1.807) is 28.2 Å². The monoisotopic (exact) mass is 651 g/mol. The summed E-state index contributed by atoms with van der Waals surface area (Å²) in [6.07, 6.45) is 9.11. The highest BCUT2D eigenvalue weighted by molar-refractivity contribution is 7.99. The van der Waals surface area contributed by atoms with Crippen LogP contribution >= 0.6 is 11.8 Å². The van der Waals surface area contributed by atoms with E-state index in [9.17, 15) is 19.8 Å². The minimum absolute atomic E-state index is 0.196. The number of hydrogen-bond donors (Lipinski definition) is 2. The first-order valence-corrected chi connectivity index (χ1v) is 21.1. The van der Waals surface area contributed by atoms with Crippen LogP contribution in [-0.2, 0) is 30.5 Å². The van der Waals surface area contributed by atoms with Gasteiger partial charge in [0.05, 0.1) is 12.0 Å². The summed E-state index contributed by atoms with van der Waals surface area (Å²) in [6.45, 7) is 7.07. The van der Waals surface area contributed by atoms with E-state index in [4.69, 9.17) is 0 Å². The quantitative estimate of drug-likeness (QED) is 0.221. The van der Waals surface area contributed by atoms with Crippen LogP contribution in [0.1, 0.15) is 75.8 Å². The Morgan fingerprint density at radius 1 is 0.870 bits per heavy atom. The second-order valence-corrected chi connectivity index (χ2v) is 19.4. The summed E-state index contributed by atoms with van der Waals surface area (Å²) in [4.78, 5) is 26.8. The molecule has 2 N–H and O–H groups in total. The van der Waals surface area contributed by atoms with Crippen molar-refractivity contribution < 1.29 is 19.8 Å². The molecule has 0 radical (unpaired) electrons. The minimum atomic E-state index is -2.41. The number of fused-ring (bicyclic) bond motifs is 4. The molecule has 46 heavy (non-hydrogen) atoms. The number of aliphatic carboxylic acids is 1. The van der Waals surface area contributed by atoms with E-state index < -0.39 is 20.0 Å². The summed E-state index contributed by atoms with van der Waals surface area (Å²) in [5.74, 6) is -0.0231. The third kappa shape index (κ3) is 4.69. The molecule has 0 saturated heterocycles. The Kier molecular flexibility index (Phi) is 7.64. The molecule has 0 bridgehead atoms. The van der Waals surface area contributed by atoms with Crippen molar-refractivity contribution in [2.24, 2.45) is 0 Å². The van der Waals surface area contributed by atoms with E-state index >= 15 is 0 Å². The summed E-state index contributed by atoms with van der Waals surface area (Å²) in [6, 6.07) is 13.7.